The van der Waals surface area contributed by atoms with Crippen molar-refractivity contribution in [1.29, 1.82) is 5.26 Å². The average Bonchev–Trinajstić information content (AvgIpc) is 2.54. The molecule has 5 heteroatoms. The largest absolute Gasteiger partial charge is 0.360 e. The first-order chi connectivity index (χ1) is 11.2. The number of carbonyl (C=O) groups is 1. The van der Waals surface area contributed by atoms with Crippen LogP contribution in [-0.4, -0.2) is 24.2 Å². The number of anilines is 2. The number of nitrogens with zero attached hydrogens (tertiary/aromatic N) is 2. The van der Waals surface area contributed by atoms with Crippen LogP contribution in [-0.2, 0) is 4.79 Å². The molecule has 116 valence electrons. The summed E-state index contributed by atoms with van der Waals surface area (Å²) in [7, 11) is 0. The molecule has 23 heavy (non-hydrogen) atoms. The number of rotatable bonds is 3. The topological polar surface area (TPSA) is 56.1 Å². The Bertz CT molecular complexity index is 769. The van der Waals surface area contributed by atoms with Crippen LogP contribution in [0.1, 0.15) is 12.5 Å². The number of nitrogens with one attached hydrogen (secondary N) is 1. The zero-order valence-corrected chi connectivity index (χ0v) is 13.6. The number of amides is 1. The smallest absolute Gasteiger partial charge is 0.243 e. The molecule has 1 amide bonds. The van der Waals surface area contributed by atoms with E-state index in [2.05, 4.69) is 35.3 Å². The minimum atomic E-state index is -0.0750. The first-order valence-electron chi connectivity index (χ1n) is 7.46. The molecule has 1 unspecified atom stereocenters. The quantitative estimate of drug-likeness (QED) is 0.939. The van der Waals surface area contributed by atoms with Crippen LogP contribution in [0.4, 0.5) is 11.4 Å². The number of benzene rings is 2. The van der Waals surface area contributed by atoms with Crippen LogP contribution < -0.4 is 10.2 Å². The molecule has 0 saturated heterocycles. The van der Waals surface area contributed by atoms with Gasteiger partial charge < -0.3 is 10.2 Å². The van der Waals surface area contributed by atoms with Gasteiger partial charge in [0.2, 0.25) is 5.91 Å². The number of hydrogen-bond acceptors (Lipinski definition) is 4. The standard InChI is InChI=1S/C18H17N3OS/c1-13-11-21(16-7-2-3-8-17(16)23-13)12-18(22)20-15-6-4-5-14(9-15)10-19/h2-9,13H,11-12H2,1H3,(H,20,22). The molecule has 1 atom stereocenters. The van der Waals surface area contributed by atoms with Crippen molar-refractivity contribution in [2.24, 2.45) is 0 Å². The lowest BCUT2D eigenvalue weighted by molar-refractivity contribution is -0.115. The van der Waals surface area contributed by atoms with E-state index in [9.17, 15) is 4.79 Å². The predicted octanol–water partition coefficient (Wildman–Crippen LogP) is 3.50. The van der Waals surface area contributed by atoms with E-state index in [4.69, 9.17) is 5.26 Å². The van der Waals surface area contributed by atoms with E-state index in [0.29, 0.717) is 23.0 Å². The van der Waals surface area contributed by atoms with Crippen LogP contribution in [0, 0.1) is 11.3 Å². The van der Waals surface area contributed by atoms with E-state index >= 15 is 0 Å². The van der Waals surface area contributed by atoms with E-state index in [1.165, 1.54) is 4.90 Å². The summed E-state index contributed by atoms with van der Waals surface area (Å²) < 4.78 is 0. The molecule has 0 fully saturated rings. The molecule has 1 aliphatic rings. The molecule has 0 radical (unpaired) electrons. The molecule has 4 nitrogen and oxygen atoms in total. The van der Waals surface area contributed by atoms with E-state index < -0.39 is 0 Å². The maximum absolute atomic E-state index is 12.4. The lowest BCUT2D eigenvalue weighted by atomic mass is 10.2. The van der Waals surface area contributed by atoms with Gasteiger partial charge in [-0.2, -0.15) is 5.26 Å². The monoisotopic (exact) mass is 323 g/mol. The van der Waals surface area contributed by atoms with Gasteiger partial charge in [0.15, 0.2) is 0 Å². The van der Waals surface area contributed by atoms with Crippen LogP contribution in [0.5, 0.6) is 0 Å². The normalized spacial score (nSPS) is 16.3. The van der Waals surface area contributed by atoms with Crippen molar-refractivity contribution in [3.8, 4) is 6.07 Å². The second-order valence-corrected chi connectivity index (χ2v) is 7.00. The summed E-state index contributed by atoms with van der Waals surface area (Å²) in [4.78, 5) is 15.7. The number of thioether (sulfide) groups is 1. The van der Waals surface area contributed by atoms with Crippen molar-refractivity contribution in [3.05, 3.63) is 54.1 Å². The lowest BCUT2D eigenvalue weighted by Crippen LogP contribution is -2.39. The van der Waals surface area contributed by atoms with Crippen molar-refractivity contribution < 1.29 is 4.79 Å². The maximum Gasteiger partial charge on any atom is 0.243 e. The summed E-state index contributed by atoms with van der Waals surface area (Å²) in [6.45, 7) is 3.31. The second kappa shape index (κ2) is 6.76. The van der Waals surface area contributed by atoms with Gasteiger partial charge in [-0.05, 0) is 30.3 Å². The summed E-state index contributed by atoms with van der Waals surface area (Å²) in [6.07, 6.45) is 0. The van der Waals surface area contributed by atoms with E-state index in [-0.39, 0.29) is 5.91 Å². The molecule has 1 N–H and O–H groups in total. The Kier molecular flexibility index (Phi) is 4.54. The highest BCUT2D eigenvalue weighted by molar-refractivity contribution is 8.00. The van der Waals surface area contributed by atoms with Gasteiger partial charge in [-0.1, -0.05) is 25.1 Å². The molecule has 3 rings (SSSR count). The number of carbonyl (C=O) groups excluding carboxylic acids is 1. The fourth-order valence-corrected chi connectivity index (χ4v) is 3.83. The van der Waals surface area contributed by atoms with Gasteiger partial charge in [-0.25, -0.2) is 0 Å². The van der Waals surface area contributed by atoms with E-state index in [0.717, 1.165) is 12.2 Å². The van der Waals surface area contributed by atoms with Crippen LogP contribution in [0.15, 0.2) is 53.4 Å². The maximum atomic E-state index is 12.4. The van der Waals surface area contributed by atoms with Crippen LogP contribution in [0.2, 0.25) is 0 Å². The highest BCUT2D eigenvalue weighted by atomic mass is 32.2. The molecule has 1 heterocycles. The Labute approximate surface area is 140 Å². The molecular weight excluding hydrogens is 306 g/mol. The second-order valence-electron chi connectivity index (χ2n) is 5.52. The van der Waals surface area contributed by atoms with E-state index in [1.54, 1.807) is 24.3 Å². The minimum absolute atomic E-state index is 0.0750. The fourth-order valence-electron chi connectivity index (χ4n) is 2.67. The zero-order chi connectivity index (χ0) is 16.2. The molecule has 0 saturated carbocycles. The molecule has 2 aromatic carbocycles. The fraction of sp³-hybridized carbons (Fsp3) is 0.222. The van der Waals surface area contributed by atoms with Crippen molar-refractivity contribution in [2.45, 2.75) is 17.1 Å². The van der Waals surface area contributed by atoms with Gasteiger partial charge in [0.05, 0.1) is 23.9 Å². The SMILES string of the molecule is CC1CN(CC(=O)Nc2cccc(C#N)c2)c2ccccc2S1. The summed E-state index contributed by atoms with van der Waals surface area (Å²) in [6, 6.07) is 17.2. The van der Waals surface area contributed by atoms with Gasteiger partial charge >= 0.3 is 0 Å². The molecule has 2 aromatic rings. The van der Waals surface area contributed by atoms with Gasteiger partial charge in [0.25, 0.3) is 0 Å². The number of fused-ring (bicyclic) bond motifs is 1. The Morgan fingerprint density at radius 3 is 3.00 bits per heavy atom. The first-order valence-corrected chi connectivity index (χ1v) is 8.34. The van der Waals surface area contributed by atoms with Gasteiger partial charge in [-0.3, -0.25) is 4.79 Å². The number of para-hydroxylation sites is 1. The first kappa shape index (κ1) is 15.4. The molecule has 0 spiro atoms. The third-order valence-corrected chi connectivity index (χ3v) is 4.77. The number of nitriles is 1. The Morgan fingerprint density at radius 2 is 2.17 bits per heavy atom. The average molecular weight is 323 g/mol. The predicted molar refractivity (Wildman–Crippen MR) is 93.8 cm³/mol. The van der Waals surface area contributed by atoms with Crippen LogP contribution in [0.3, 0.4) is 0 Å². The third kappa shape index (κ3) is 3.66. The summed E-state index contributed by atoms with van der Waals surface area (Å²) in [5.41, 5.74) is 2.30. The van der Waals surface area contributed by atoms with Crippen LogP contribution in [0.25, 0.3) is 0 Å². The molecular formula is C18H17N3OS. The molecule has 1 aliphatic heterocycles. The molecule has 0 aromatic heterocycles. The minimum Gasteiger partial charge on any atom is -0.360 e. The summed E-state index contributed by atoms with van der Waals surface area (Å²) in [5.74, 6) is -0.0750. The van der Waals surface area contributed by atoms with Gasteiger partial charge in [0.1, 0.15) is 0 Å². The summed E-state index contributed by atoms with van der Waals surface area (Å²) >= 11 is 1.84. The molecule has 0 aliphatic carbocycles. The van der Waals surface area contributed by atoms with Crippen molar-refractivity contribution >= 4 is 29.0 Å². The van der Waals surface area contributed by atoms with Crippen LogP contribution >= 0.6 is 11.8 Å². The number of hydrogen-bond donors (Lipinski definition) is 1. The van der Waals surface area contributed by atoms with Crippen molar-refractivity contribution in [2.75, 3.05) is 23.3 Å². The Morgan fingerprint density at radius 1 is 1.35 bits per heavy atom. The van der Waals surface area contributed by atoms with Crippen molar-refractivity contribution in [1.82, 2.24) is 0 Å². The Balaban J connectivity index is 1.72. The van der Waals surface area contributed by atoms with Gasteiger partial charge in [-0.15, -0.1) is 11.8 Å². The Hall–Kier alpha value is -2.45. The highest BCUT2D eigenvalue weighted by Gasteiger charge is 2.23. The lowest BCUT2D eigenvalue weighted by Gasteiger charge is -2.33. The third-order valence-electron chi connectivity index (χ3n) is 3.62. The molecule has 0 bridgehead atoms. The van der Waals surface area contributed by atoms with E-state index in [1.807, 2.05) is 23.9 Å². The van der Waals surface area contributed by atoms with Crippen molar-refractivity contribution in [3.63, 3.8) is 0 Å². The summed E-state index contributed by atoms with van der Waals surface area (Å²) in [5, 5.41) is 12.2. The zero-order valence-electron chi connectivity index (χ0n) is 12.8. The van der Waals surface area contributed by atoms with Gasteiger partial charge in [0, 0.05) is 22.4 Å². The highest BCUT2D eigenvalue weighted by Crippen LogP contribution is 2.37.